The molecule has 0 amide bonds. The highest BCUT2D eigenvalue weighted by molar-refractivity contribution is 7.90. The molecule has 2 heterocycles. The fraction of sp³-hybridized carbons (Fsp3) is 0.0571. The largest absolute Gasteiger partial charge is 0.316 e. The average molecular weight is 710 g/mol. The lowest BCUT2D eigenvalue weighted by Crippen LogP contribution is -2.17. The Morgan fingerprint density at radius 1 is 0.604 bits per heavy atom. The number of aldehydes is 1. The van der Waals surface area contributed by atoms with Crippen molar-refractivity contribution in [3.8, 4) is 22.5 Å². The van der Waals surface area contributed by atoms with Gasteiger partial charge in [0, 0.05) is 12.1 Å². The van der Waals surface area contributed by atoms with Crippen LogP contribution in [0.15, 0.2) is 143 Å². The Morgan fingerprint density at radius 3 is 1.38 bits per heavy atom. The van der Waals surface area contributed by atoms with Crippen molar-refractivity contribution in [2.45, 2.75) is 16.3 Å². The van der Waals surface area contributed by atoms with E-state index in [1.165, 1.54) is 30.3 Å². The van der Waals surface area contributed by atoms with Gasteiger partial charge in [-0.25, -0.2) is 24.8 Å². The van der Waals surface area contributed by atoms with Gasteiger partial charge in [0.1, 0.15) is 0 Å². The lowest BCUT2D eigenvalue weighted by atomic mass is 10.1. The molecule has 0 saturated heterocycles. The molecule has 0 aliphatic rings. The fourth-order valence-electron chi connectivity index (χ4n) is 4.89. The van der Waals surface area contributed by atoms with E-state index in [4.69, 9.17) is 0 Å². The van der Waals surface area contributed by atoms with Gasteiger partial charge in [0.25, 0.3) is 20.0 Å². The zero-order valence-electron chi connectivity index (χ0n) is 25.4. The molecule has 6 rings (SSSR count). The van der Waals surface area contributed by atoms with E-state index in [0.29, 0.717) is 32.6 Å². The van der Waals surface area contributed by atoms with Gasteiger partial charge in [-0.3, -0.25) is 4.79 Å². The first-order chi connectivity index (χ1) is 22.6. The van der Waals surface area contributed by atoms with Gasteiger partial charge in [0.15, 0.2) is 6.29 Å². The van der Waals surface area contributed by atoms with Crippen molar-refractivity contribution in [1.82, 2.24) is 13.3 Å². The number of carbonyl (C=O) groups is 1. The van der Waals surface area contributed by atoms with Gasteiger partial charge >= 0.3 is 0 Å². The molecule has 2 aromatic heterocycles. The Kier molecular flexibility index (Phi) is 11.5. The summed E-state index contributed by atoms with van der Waals surface area (Å²) in [4.78, 5) is 11.0. The van der Waals surface area contributed by atoms with E-state index in [9.17, 15) is 30.4 Å². The van der Waals surface area contributed by atoms with Crippen LogP contribution in [0.2, 0.25) is 0 Å². The zero-order valence-corrected chi connectivity index (χ0v) is 27.9. The molecular formula is C35H30ClF2N3O5S2. The third kappa shape index (κ3) is 7.16. The van der Waals surface area contributed by atoms with Crippen LogP contribution in [-0.4, -0.2) is 38.1 Å². The molecular weight excluding hydrogens is 680 g/mol. The highest BCUT2D eigenvalue weighted by atomic mass is 35.5. The molecule has 0 fully saturated rings. The van der Waals surface area contributed by atoms with E-state index in [0.717, 1.165) is 3.97 Å². The quantitative estimate of drug-likeness (QED) is 0.162. The van der Waals surface area contributed by atoms with Crippen LogP contribution in [0, 0.1) is 11.9 Å². The van der Waals surface area contributed by atoms with E-state index in [1.54, 1.807) is 104 Å². The first-order valence-corrected chi connectivity index (χ1v) is 17.1. The summed E-state index contributed by atoms with van der Waals surface area (Å²) in [7, 11) is -6.50. The summed E-state index contributed by atoms with van der Waals surface area (Å²) in [6.07, 6.45) is 0.304. The van der Waals surface area contributed by atoms with Crippen LogP contribution in [-0.2, 0) is 26.6 Å². The second kappa shape index (κ2) is 15.3. The molecule has 0 spiro atoms. The first kappa shape index (κ1) is 36.0. The summed E-state index contributed by atoms with van der Waals surface area (Å²) in [6, 6.07) is 35.6. The van der Waals surface area contributed by atoms with Gasteiger partial charge in [-0.2, -0.15) is 8.78 Å². The monoisotopic (exact) mass is 709 g/mol. The summed E-state index contributed by atoms with van der Waals surface area (Å²) in [5, 5.41) is 2.86. The maximum absolute atomic E-state index is 14.9. The van der Waals surface area contributed by atoms with Crippen molar-refractivity contribution in [3.05, 3.63) is 156 Å². The summed E-state index contributed by atoms with van der Waals surface area (Å²) in [6.45, 7) is 0.239. The van der Waals surface area contributed by atoms with E-state index >= 15 is 0 Å². The van der Waals surface area contributed by atoms with Gasteiger partial charge in [0.05, 0.1) is 26.7 Å². The van der Waals surface area contributed by atoms with Crippen LogP contribution < -0.4 is 5.32 Å². The highest BCUT2D eigenvalue weighted by Gasteiger charge is 2.28. The Bertz CT molecular complexity index is 2210. The normalized spacial score (nSPS) is 11.2. The number of carbonyl (C=O) groups excluding carboxylic acids is 1. The first-order valence-electron chi connectivity index (χ1n) is 14.2. The molecule has 0 atom stereocenters. The Labute approximate surface area is 283 Å². The van der Waals surface area contributed by atoms with Crippen molar-refractivity contribution in [2.24, 2.45) is 0 Å². The van der Waals surface area contributed by atoms with E-state index in [-0.39, 0.29) is 40.0 Å². The van der Waals surface area contributed by atoms with Gasteiger partial charge in [-0.15, -0.1) is 12.4 Å². The van der Waals surface area contributed by atoms with Gasteiger partial charge < -0.3 is 5.32 Å². The van der Waals surface area contributed by atoms with Crippen LogP contribution in [0.1, 0.15) is 15.9 Å². The maximum Gasteiger partial charge on any atom is 0.270 e. The highest BCUT2D eigenvalue weighted by Crippen LogP contribution is 2.31. The number of hydrogen-bond acceptors (Lipinski definition) is 6. The van der Waals surface area contributed by atoms with Crippen LogP contribution >= 0.6 is 12.4 Å². The number of aromatic nitrogens is 2. The van der Waals surface area contributed by atoms with Crippen LogP contribution in [0.4, 0.5) is 8.78 Å². The van der Waals surface area contributed by atoms with E-state index < -0.39 is 31.9 Å². The fourth-order valence-corrected chi connectivity index (χ4v) is 7.79. The number of benzene rings is 4. The van der Waals surface area contributed by atoms with Gasteiger partial charge in [-0.05, 0) is 54.6 Å². The van der Waals surface area contributed by atoms with Gasteiger partial charge in [-0.1, -0.05) is 97.1 Å². The van der Waals surface area contributed by atoms with Crippen molar-refractivity contribution in [1.29, 1.82) is 0 Å². The van der Waals surface area contributed by atoms with Crippen LogP contribution in [0.3, 0.4) is 0 Å². The Morgan fingerprint density at radius 2 is 0.979 bits per heavy atom. The Balaban J connectivity index is 0.000000212. The number of hydrogen-bond donors (Lipinski definition) is 1. The summed E-state index contributed by atoms with van der Waals surface area (Å²) >= 11 is 0. The average Bonchev–Trinajstić information content (AvgIpc) is 3.63. The van der Waals surface area contributed by atoms with E-state index in [1.807, 2.05) is 6.07 Å². The molecule has 1 N–H and O–H groups in total. The van der Waals surface area contributed by atoms with Crippen molar-refractivity contribution < 1.29 is 30.4 Å². The third-order valence-electron chi connectivity index (χ3n) is 7.10. The number of nitrogens with one attached hydrogen (secondary N) is 1. The van der Waals surface area contributed by atoms with Gasteiger partial charge in [0.2, 0.25) is 11.9 Å². The van der Waals surface area contributed by atoms with Crippen LogP contribution in [0.5, 0.6) is 0 Å². The third-order valence-corrected chi connectivity index (χ3v) is 10.5. The number of nitrogens with zero attached hydrogens (tertiary/aromatic N) is 2. The summed E-state index contributed by atoms with van der Waals surface area (Å²) < 4.78 is 82.3. The molecule has 0 bridgehead atoms. The molecule has 248 valence electrons. The standard InChI is InChI=1S/C18H17FN2O2S.C17H12FNO3S.ClH/c1-20-13-15-12-17(14-8-4-2-5-9-14)21(18(15)19)24(22,23)16-10-6-3-7-11-16;18-17-14(12-20)11-16(13-7-3-1-4-8-13)19(17)23(21,22)15-9-5-2-6-10-15;/h2-12,20H,13H2,1H3;1-12H;1H. The molecule has 4 aromatic carbocycles. The molecule has 0 aliphatic carbocycles. The van der Waals surface area contributed by atoms with Crippen molar-refractivity contribution >= 4 is 38.7 Å². The van der Waals surface area contributed by atoms with Crippen molar-refractivity contribution in [3.63, 3.8) is 0 Å². The predicted octanol–water partition coefficient (Wildman–Crippen LogP) is 7.02. The molecule has 0 unspecified atom stereocenters. The molecule has 0 radical (unpaired) electrons. The molecule has 0 saturated carbocycles. The smallest absolute Gasteiger partial charge is 0.270 e. The molecule has 8 nitrogen and oxygen atoms in total. The second-order valence-corrected chi connectivity index (χ2v) is 13.7. The van der Waals surface area contributed by atoms with Crippen molar-refractivity contribution in [2.75, 3.05) is 7.05 Å². The predicted molar refractivity (Wildman–Crippen MR) is 183 cm³/mol. The Hall–Kier alpha value is -4.88. The number of halogens is 3. The molecule has 6 aromatic rings. The SMILES string of the molecule is CNCc1cc(-c2ccccc2)n(S(=O)(=O)c2ccccc2)c1F.Cl.O=Cc1cc(-c2ccccc2)n(S(=O)(=O)c2ccccc2)c1F. The minimum atomic E-state index is -4.15. The minimum absolute atomic E-state index is 0. The summed E-state index contributed by atoms with van der Waals surface area (Å²) in [5.74, 6) is -1.87. The molecule has 0 aliphatic heterocycles. The lowest BCUT2D eigenvalue weighted by molar-refractivity contribution is 0.111. The lowest BCUT2D eigenvalue weighted by Gasteiger charge is -2.11. The minimum Gasteiger partial charge on any atom is -0.316 e. The molecule has 48 heavy (non-hydrogen) atoms. The molecule has 13 heteroatoms. The topological polar surface area (TPSA) is 107 Å². The summed E-state index contributed by atoms with van der Waals surface area (Å²) in [5.41, 5.74) is 1.55. The zero-order chi connectivity index (χ0) is 33.6. The van der Waals surface area contributed by atoms with Crippen LogP contribution in [0.25, 0.3) is 22.5 Å². The maximum atomic E-state index is 14.9. The number of rotatable bonds is 9. The second-order valence-electron chi connectivity index (χ2n) is 10.2. The van der Waals surface area contributed by atoms with E-state index in [2.05, 4.69) is 5.32 Å².